The highest BCUT2D eigenvalue weighted by Gasteiger charge is 2.16. The summed E-state index contributed by atoms with van der Waals surface area (Å²) in [6.07, 6.45) is -1.66. The molecule has 0 bridgehead atoms. The molecule has 0 aliphatic heterocycles. The van der Waals surface area contributed by atoms with Crippen LogP contribution in [0.5, 0.6) is 0 Å². The summed E-state index contributed by atoms with van der Waals surface area (Å²) in [6, 6.07) is 0. The lowest BCUT2D eigenvalue weighted by Crippen LogP contribution is -2.36. The number of aliphatic carboxylic acids is 1. The number of rotatable bonds is 5. The molecule has 2 amide bonds. The first-order chi connectivity index (χ1) is 8.40. The van der Waals surface area contributed by atoms with Gasteiger partial charge in [0.2, 0.25) is 5.91 Å². The minimum absolute atomic E-state index is 0.0429. The highest BCUT2D eigenvalue weighted by molar-refractivity contribution is 7.14. The van der Waals surface area contributed by atoms with Crippen molar-refractivity contribution in [3.8, 4) is 0 Å². The Kier molecular flexibility index (Phi) is 4.75. The number of carboxylic acid groups (broad SMARTS) is 1. The van der Waals surface area contributed by atoms with Crippen LogP contribution in [0.25, 0.3) is 0 Å². The van der Waals surface area contributed by atoms with E-state index in [1.54, 1.807) is 0 Å². The molecule has 0 aliphatic carbocycles. The van der Waals surface area contributed by atoms with Crippen molar-refractivity contribution in [3.63, 3.8) is 0 Å². The van der Waals surface area contributed by atoms with Crippen molar-refractivity contribution in [2.75, 3.05) is 11.9 Å². The third-order valence-electron chi connectivity index (χ3n) is 1.76. The SMILES string of the molecule is CC(=O)Nc1nc(C(=O)NC[C@H](O)C(=O)O)cs1. The Morgan fingerprint density at radius 1 is 1.50 bits per heavy atom. The van der Waals surface area contributed by atoms with E-state index in [2.05, 4.69) is 15.6 Å². The average molecular weight is 273 g/mol. The van der Waals surface area contributed by atoms with Crippen molar-refractivity contribution in [2.24, 2.45) is 0 Å². The molecule has 0 radical (unpaired) electrons. The van der Waals surface area contributed by atoms with Crippen LogP contribution in [0.4, 0.5) is 5.13 Å². The second-order valence-electron chi connectivity index (χ2n) is 3.28. The van der Waals surface area contributed by atoms with E-state index in [1.165, 1.54) is 12.3 Å². The maximum Gasteiger partial charge on any atom is 0.334 e. The Morgan fingerprint density at radius 2 is 2.17 bits per heavy atom. The molecule has 0 aliphatic rings. The van der Waals surface area contributed by atoms with E-state index in [-0.39, 0.29) is 16.7 Å². The summed E-state index contributed by atoms with van der Waals surface area (Å²) in [7, 11) is 0. The fraction of sp³-hybridized carbons (Fsp3) is 0.333. The van der Waals surface area contributed by atoms with Gasteiger partial charge in [-0.05, 0) is 0 Å². The fourth-order valence-corrected chi connectivity index (χ4v) is 1.69. The van der Waals surface area contributed by atoms with E-state index >= 15 is 0 Å². The van der Waals surface area contributed by atoms with Crippen LogP contribution in [0.15, 0.2) is 5.38 Å². The number of nitrogens with one attached hydrogen (secondary N) is 2. The van der Waals surface area contributed by atoms with Gasteiger partial charge < -0.3 is 20.8 Å². The maximum absolute atomic E-state index is 11.5. The number of aromatic nitrogens is 1. The maximum atomic E-state index is 11.5. The molecule has 1 aromatic heterocycles. The van der Waals surface area contributed by atoms with E-state index < -0.39 is 24.5 Å². The highest BCUT2D eigenvalue weighted by atomic mass is 32.1. The van der Waals surface area contributed by atoms with E-state index in [9.17, 15) is 14.4 Å². The Labute approximate surface area is 106 Å². The molecule has 9 heteroatoms. The number of hydrogen-bond donors (Lipinski definition) is 4. The number of carboxylic acids is 1. The van der Waals surface area contributed by atoms with Crippen molar-refractivity contribution in [1.29, 1.82) is 0 Å². The van der Waals surface area contributed by atoms with Crippen LogP contribution in [0.3, 0.4) is 0 Å². The third-order valence-corrected chi connectivity index (χ3v) is 2.52. The van der Waals surface area contributed by atoms with Gasteiger partial charge in [0, 0.05) is 12.3 Å². The molecule has 0 spiro atoms. The van der Waals surface area contributed by atoms with Crippen molar-refractivity contribution < 1.29 is 24.6 Å². The van der Waals surface area contributed by atoms with Crippen molar-refractivity contribution in [2.45, 2.75) is 13.0 Å². The van der Waals surface area contributed by atoms with Gasteiger partial charge in [0.1, 0.15) is 5.69 Å². The lowest BCUT2D eigenvalue weighted by atomic mass is 10.3. The molecular formula is C9H11N3O5S. The van der Waals surface area contributed by atoms with Crippen molar-refractivity contribution >= 4 is 34.3 Å². The van der Waals surface area contributed by atoms with Gasteiger partial charge in [-0.15, -0.1) is 11.3 Å². The molecule has 1 heterocycles. The molecule has 18 heavy (non-hydrogen) atoms. The molecule has 8 nitrogen and oxygen atoms in total. The number of hydrogen-bond acceptors (Lipinski definition) is 6. The first-order valence-electron chi connectivity index (χ1n) is 4.82. The Balaban J connectivity index is 2.54. The van der Waals surface area contributed by atoms with Crippen LogP contribution in [-0.2, 0) is 9.59 Å². The van der Waals surface area contributed by atoms with Crippen LogP contribution < -0.4 is 10.6 Å². The number of anilines is 1. The predicted octanol–water partition coefficient (Wildman–Crippen LogP) is -0.723. The third kappa shape index (κ3) is 4.11. The summed E-state index contributed by atoms with van der Waals surface area (Å²) < 4.78 is 0. The van der Waals surface area contributed by atoms with E-state index in [4.69, 9.17) is 10.2 Å². The summed E-state index contributed by atoms with van der Waals surface area (Å²) >= 11 is 1.06. The molecular weight excluding hydrogens is 262 g/mol. The van der Waals surface area contributed by atoms with E-state index in [1.807, 2.05) is 0 Å². The van der Waals surface area contributed by atoms with Crippen LogP contribution >= 0.6 is 11.3 Å². The van der Waals surface area contributed by atoms with Gasteiger partial charge in [0.25, 0.3) is 5.91 Å². The second-order valence-corrected chi connectivity index (χ2v) is 4.14. The molecule has 0 unspecified atom stereocenters. The molecule has 0 saturated heterocycles. The summed E-state index contributed by atoms with van der Waals surface area (Å²) in [5, 5.41) is 23.7. The Bertz CT molecular complexity index is 473. The van der Waals surface area contributed by atoms with Gasteiger partial charge in [-0.3, -0.25) is 9.59 Å². The van der Waals surface area contributed by atoms with Crippen LogP contribution in [0, 0.1) is 0 Å². The van der Waals surface area contributed by atoms with E-state index in [0.717, 1.165) is 11.3 Å². The molecule has 1 atom stereocenters. The van der Waals surface area contributed by atoms with Gasteiger partial charge in [0.05, 0.1) is 6.54 Å². The van der Waals surface area contributed by atoms with Crippen molar-refractivity contribution in [1.82, 2.24) is 10.3 Å². The van der Waals surface area contributed by atoms with Gasteiger partial charge in [-0.1, -0.05) is 0 Å². The van der Waals surface area contributed by atoms with Crippen LogP contribution in [-0.4, -0.2) is 45.6 Å². The number of thiazole rings is 1. The van der Waals surface area contributed by atoms with Crippen LogP contribution in [0.1, 0.15) is 17.4 Å². The normalized spacial score (nSPS) is 11.7. The smallest absolute Gasteiger partial charge is 0.334 e. The van der Waals surface area contributed by atoms with Gasteiger partial charge in [0.15, 0.2) is 11.2 Å². The highest BCUT2D eigenvalue weighted by Crippen LogP contribution is 2.14. The Hall–Kier alpha value is -2.00. The molecule has 0 saturated carbocycles. The predicted molar refractivity (Wildman–Crippen MR) is 62.4 cm³/mol. The first kappa shape index (κ1) is 14.1. The monoisotopic (exact) mass is 273 g/mol. The minimum atomic E-state index is -1.66. The zero-order chi connectivity index (χ0) is 13.7. The van der Waals surface area contributed by atoms with Gasteiger partial charge in [-0.2, -0.15) is 0 Å². The number of aliphatic hydroxyl groups excluding tert-OH is 1. The summed E-state index contributed by atoms with van der Waals surface area (Å²) in [5.74, 6) is -2.35. The summed E-state index contributed by atoms with van der Waals surface area (Å²) in [5.41, 5.74) is 0.0429. The summed E-state index contributed by atoms with van der Waals surface area (Å²) in [6.45, 7) is 0.894. The van der Waals surface area contributed by atoms with Crippen molar-refractivity contribution in [3.05, 3.63) is 11.1 Å². The fourth-order valence-electron chi connectivity index (χ4n) is 0.953. The molecule has 1 rings (SSSR count). The number of nitrogens with zero attached hydrogens (tertiary/aromatic N) is 1. The standard InChI is InChI=1S/C9H11N3O5S/c1-4(13)11-9-12-5(3-18-9)7(15)10-2-6(14)8(16)17/h3,6,14H,2H2,1H3,(H,10,15)(H,16,17)(H,11,12,13)/t6-/m0/s1. The lowest BCUT2D eigenvalue weighted by molar-refractivity contribution is -0.146. The zero-order valence-electron chi connectivity index (χ0n) is 9.34. The van der Waals surface area contributed by atoms with Crippen LogP contribution in [0.2, 0.25) is 0 Å². The average Bonchev–Trinajstić information content (AvgIpc) is 2.72. The van der Waals surface area contributed by atoms with Gasteiger partial charge in [-0.25, -0.2) is 9.78 Å². The molecule has 0 fully saturated rings. The van der Waals surface area contributed by atoms with Gasteiger partial charge >= 0.3 is 5.97 Å². The van der Waals surface area contributed by atoms with E-state index in [0.29, 0.717) is 0 Å². The lowest BCUT2D eigenvalue weighted by Gasteiger charge is -2.05. The molecule has 0 aromatic carbocycles. The quantitative estimate of drug-likeness (QED) is 0.560. The molecule has 98 valence electrons. The first-order valence-corrected chi connectivity index (χ1v) is 5.70. The number of carbonyl (C=O) groups excluding carboxylic acids is 2. The number of carbonyl (C=O) groups is 3. The molecule has 1 aromatic rings. The molecule has 4 N–H and O–H groups in total. The zero-order valence-corrected chi connectivity index (χ0v) is 10.2. The number of aliphatic hydroxyl groups is 1. The largest absolute Gasteiger partial charge is 0.479 e. The second kappa shape index (κ2) is 6.07. The Morgan fingerprint density at radius 3 is 2.72 bits per heavy atom. The minimum Gasteiger partial charge on any atom is -0.479 e. The number of amides is 2. The topological polar surface area (TPSA) is 129 Å². The summed E-state index contributed by atoms with van der Waals surface area (Å²) in [4.78, 5) is 36.4.